The second kappa shape index (κ2) is 4.45. The van der Waals surface area contributed by atoms with Crippen molar-refractivity contribution < 1.29 is 9.13 Å². The fourth-order valence-corrected chi connectivity index (χ4v) is 1.26. The van der Waals surface area contributed by atoms with Gasteiger partial charge in [-0.15, -0.1) is 10.2 Å². The van der Waals surface area contributed by atoms with Crippen LogP contribution in [0.5, 0.6) is 11.6 Å². The summed E-state index contributed by atoms with van der Waals surface area (Å²) in [5.74, 6) is 0.331. The quantitative estimate of drug-likeness (QED) is 0.805. The summed E-state index contributed by atoms with van der Waals surface area (Å²) in [6.45, 7) is 1.82. The maximum absolute atomic E-state index is 13.0. The van der Waals surface area contributed by atoms with E-state index in [0.29, 0.717) is 5.75 Å². The first-order valence-corrected chi connectivity index (χ1v) is 4.96. The average Bonchev–Trinajstić information content (AvgIpc) is 2.27. The molecule has 0 fully saturated rings. The van der Waals surface area contributed by atoms with Crippen LogP contribution in [0.25, 0.3) is 0 Å². The zero-order valence-corrected chi connectivity index (χ0v) is 9.20. The second-order valence-electron chi connectivity index (χ2n) is 3.21. The standard InChI is InChI=1S/C11H8ClFN2O/c1-7-2-3-8(13)6-9(7)16-11-5-4-10(12)14-15-11/h2-6H,1H3. The summed E-state index contributed by atoms with van der Waals surface area (Å²) in [4.78, 5) is 0. The number of rotatable bonds is 2. The van der Waals surface area contributed by atoms with Crippen LogP contribution in [-0.4, -0.2) is 10.2 Å². The highest BCUT2D eigenvalue weighted by molar-refractivity contribution is 6.29. The summed E-state index contributed by atoms with van der Waals surface area (Å²) in [5, 5.41) is 7.62. The molecule has 0 unspecified atom stereocenters. The van der Waals surface area contributed by atoms with Gasteiger partial charge >= 0.3 is 0 Å². The third-order valence-corrected chi connectivity index (χ3v) is 2.17. The van der Waals surface area contributed by atoms with E-state index in [1.807, 2.05) is 6.92 Å². The molecular formula is C11H8ClFN2O. The number of aryl methyl sites for hydroxylation is 1. The highest BCUT2D eigenvalue weighted by Gasteiger charge is 2.04. The van der Waals surface area contributed by atoms with Crippen LogP contribution >= 0.6 is 11.6 Å². The summed E-state index contributed by atoms with van der Waals surface area (Å²) < 4.78 is 18.3. The molecule has 0 bridgehead atoms. The minimum Gasteiger partial charge on any atom is -0.437 e. The molecule has 1 aromatic heterocycles. The van der Waals surface area contributed by atoms with Gasteiger partial charge in [0.2, 0.25) is 5.88 Å². The SMILES string of the molecule is Cc1ccc(F)cc1Oc1ccc(Cl)nn1. The van der Waals surface area contributed by atoms with Crippen LogP contribution in [0.2, 0.25) is 5.15 Å². The van der Waals surface area contributed by atoms with Crippen LogP contribution in [0.15, 0.2) is 30.3 Å². The van der Waals surface area contributed by atoms with E-state index < -0.39 is 0 Å². The van der Waals surface area contributed by atoms with Crippen molar-refractivity contribution in [1.82, 2.24) is 10.2 Å². The molecule has 82 valence electrons. The van der Waals surface area contributed by atoms with E-state index >= 15 is 0 Å². The van der Waals surface area contributed by atoms with Gasteiger partial charge in [-0.25, -0.2) is 4.39 Å². The molecule has 2 aromatic rings. The molecule has 0 atom stereocenters. The topological polar surface area (TPSA) is 35.0 Å². The zero-order chi connectivity index (χ0) is 11.5. The number of nitrogens with zero attached hydrogens (tertiary/aromatic N) is 2. The lowest BCUT2D eigenvalue weighted by molar-refractivity contribution is 0.447. The Hall–Kier alpha value is -1.68. The Labute approximate surface area is 96.8 Å². The normalized spacial score (nSPS) is 10.2. The molecule has 0 aliphatic carbocycles. The van der Waals surface area contributed by atoms with Gasteiger partial charge in [0.25, 0.3) is 0 Å². The van der Waals surface area contributed by atoms with Crippen LogP contribution in [0.4, 0.5) is 4.39 Å². The van der Waals surface area contributed by atoms with Crippen molar-refractivity contribution in [2.45, 2.75) is 6.92 Å². The molecular weight excluding hydrogens is 231 g/mol. The van der Waals surface area contributed by atoms with E-state index in [2.05, 4.69) is 10.2 Å². The Morgan fingerprint density at radius 3 is 2.69 bits per heavy atom. The number of halogens is 2. The molecule has 0 saturated carbocycles. The van der Waals surface area contributed by atoms with E-state index in [1.54, 1.807) is 18.2 Å². The van der Waals surface area contributed by atoms with E-state index in [9.17, 15) is 4.39 Å². The molecule has 0 amide bonds. The first-order chi connectivity index (χ1) is 7.65. The van der Waals surface area contributed by atoms with E-state index in [4.69, 9.17) is 16.3 Å². The first-order valence-electron chi connectivity index (χ1n) is 4.58. The highest BCUT2D eigenvalue weighted by atomic mass is 35.5. The molecule has 1 heterocycles. The first kappa shape index (κ1) is 10.8. The Balaban J connectivity index is 2.26. The van der Waals surface area contributed by atoms with Gasteiger partial charge in [0.1, 0.15) is 11.6 Å². The fraction of sp³-hybridized carbons (Fsp3) is 0.0909. The van der Waals surface area contributed by atoms with Gasteiger partial charge in [-0.2, -0.15) is 0 Å². The maximum atomic E-state index is 13.0. The summed E-state index contributed by atoms with van der Waals surface area (Å²) in [6, 6.07) is 7.42. The van der Waals surface area contributed by atoms with Gasteiger partial charge in [0, 0.05) is 12.1 Å². The molecule has 0 N–H and O–H groups in total. The van der Waals surface area contributed by atoms with Crippen molar-refractivity contribution in [3.63, 3.8) is 0 Å². The van der Waals surface area contributed by atoms with Crippen molar-refractivity contribution >= 4 is 11.6 Å². The largest absolute Gasteiger partial charge is 0.437 e. The molecule has 0 aliphatic rings. The van der Waals surface area contributed by atoms with Gasteiger partial charge in [-0.1, -0.05) is 17.7 Å². The van der Waals surface area contributed by atoms with Crippen LogP contribution in [0.1, 0.15) is 5.56 Å². The molecule has 3 nitrogen and oxygen atoms in total. The lowest BCUT2D eigenvalue weighted by Gasteiger charge is -2.06. The highest BCUT2D eigenvalue weighted by Crippen LogP contribution is 2.24. The predicted octanol–water partition coefficient (Wildman–Crippen LogP) is 3.37. The van der Waals surface area contributed by atoms with Gasteiger partial charge in [0.05, 0.1) is 0 Å². The third-order valence-electron chi connectivity index (χ3n) is 1.97. The van der Waals surface area contributed by atoms with Crippen LogP contribution < -0.4 is 4.74 Å². The van der Waals surface area contributed by atoms with Crippen molar-refractivity contribution in [3.05, 3.63) is 46.9 Å². The van der Waals surface area contributed by atoms with Crippen LogP contribution in [0.3, 0.4) is 0 Å². The minimum atomic E-state index is -0.359. The number of ether oxygens (including phenoxy) is 1. The molecule has 2 rings (SSSR count). The van der Waals surface area contributed by atoms with Gasteiger partial charge in [0.15, 0.2) is 5.15 Å². The van der Waals surface area contributed by atoms with E-state index in [-0.39, 0.29) is 16.9 Å². The molecule has 1 aromatic carbocycles. The van der Waals surface area contributed by atoms with Crippen molar-refractivity contribution in [2.24, 2.45) is 0 Å². The lowest BCUT2D eigenvalue weighted by atomic mass is 10.2. The summed E-state index contributed by atoms with van der Waals surface area (Å²) in [5.41, 5.74) is 0.818. The Bertz CT molecular complexity index is 502. The maximum Gasteiger partial charge on any atom is 0.238 e. The Morgan fingerprint density at radius 1 is 1.19 bits per heavy atom. The van der Waals surface area contributed by atoms with Gasteiger partial charge < -0.3 is 4.74 Å². The summed E-state index contributed by atoms with van der Waals surface area (Å²) >= 11 is 5.58. The van der Waals surface area contributed by atoms with Crippen LogP contribution in [0, 0.1) is 12.7 Å². The summed E-state index contributed by atoms with van der Waals surface area (Å²) in [7, 11) is 0. The molecule has 0 radical (unpaired) electrons. The zero-order valence-electron chi connectivity index (χ0n) is 8.45. The third kappa shape index (κ3) is 2.46. The number of benzene rings is 1. The monoisotopic (exact) mass is 238 g/mol. The number of hydrogen-bond donors (Lipinski definition) is 0. The van der Waals surface area contributed by atoms with E-state index in [0.717, 1.165) is 5.56 Å². The van der Waals surface area contributed by atoms with Crippen LogP contribution in [-0.2, 0) is 0 Å². The summed E-state index contributed by atoms with van der Waals surface area (Å²) in [6.07, 6.45) is 0. The number of hydrogen-bond acceptors (Lipinski definition) is 3. The molecule has 0 saturated heterocycles. The average molecular weight is 239 g/mol. The fourth-order valence-electron chi connectivity index (χ4n) is 1.15. The molecule has 0 spiro atoms. The van der Waals surface area contributed by atoms with Gasteiger partial charge in [-0.3, -0.25) is 0 Å². The second-order valence-corrected chi connectivity index (χ2v) is 3.59. The molecule has 5 heteroatoms. The van der Waals surface area contributed by atoms with Crippen molar-refractivity contribution in [1.29, 1.82) is 0 Å². The smallest absolute Gasteiger partial charge is 0.238 e. The number of aromatic nitrogens is 2. The van der Waals surface area contributed by atoms with Crippen molar-refractivity contribution in [2.75, 3.05) is 0 Å². The molecule has 0 aliphatic heterocycles. The lowest BCUT2D eigenvalue weighted by Crippen LogP contribution is -1.92. The Kier molecular flexibility index (Phi) is 3.01. The minimum absolute atomic E-state index is 0.276. The van der Waals surface area contributed by atoms with Gasteiger partial charge in [-0.05, 0) is 24.6 Å². The van der Waals surface area contributed by atoms with E-state index in [1.165, 1.54) is 12.1 Å². The Morgan fingerprint density at radius 2 is 2.00 bits per heavy atom. The molecule has 16 heavy (non-hydrogen) atoms. The van der Waals surface area contributed by atoms with Crippen molar-refractivity contribution in [3.8, 4) is 11.6 Å². The predicted molar refractivity (Wildman–Crippen MR) is 58.3 cm³/mol.